The third-order valence-corrected chi connectivity index (χ3v) is 3.73. The Kier molecular flexibility index (Phi) is 3.88. The van der Waals surface area contributed by atoms with Crippen molar-refractivity contribution in [3.8, 4) is 6.07 Å². The van der Waals surface area contributed by atoms with Gasteiger partial charge in [0.15, 0.2) is 0 Å². The normalized spacial score (nSPS) is 9.89. The summed E-state index contributed by atoms with van der Waals surface area (Å²) in [6, 6.07) is 14.5. The van der Waals surface area contributed by atoms with Gasteiger partial charge in [-0.25, -0.2) is 4.79 Å². The highest BCUT2D eigenvalue weighted by atomic mass is 32.2. The molecule has 4 heteroatoms. The number of carbonyl (C=O) groups is 1. The van der Waals surface area contributed by atoms with Gasteiger partial charge in [-0.05, 0) is 42.8 Å². The predicted octanol–water partition coefficient (Wildman–Crippen LogP) is 3.72. The van der Waals surface area contributed by atoms with Crippen LogP contribution in [-0.2, 0) is 0 Å². The van der Waals surface area contributed by atoms with Gasteiger partial charge in [-0.3, -0.25) is 0 Å². The summed E-state index contributed by atoms with van der Waals surface area (Å²) in [5, 5.41) is 18.0. The van der Waals surface area contributed by atoms with Crippen molar-refractivity contribution in [1.82, 2.24) is 0 Å². The van der Waals surface area contributed by atoms with Crippen LogP contribution in [0.1, 0.15) is 21.5 Å². The molecule has 3 nitrogen and oxygen atoms in total. The number of nitriles is 1. The van der Waals surface area contributed by atoms with Crippen molar-refractivity contribution in [2.75, 3.05) is 0 Å². The molecule has 0 bridgehead atoms. The van der Waals surface area contributed by atoms with Crippen LogP contribution in [-0.4, -0.2) is 11.1 Å². The third kappa shape index (κ3) is 2.95. The Morgan fingerprint density at radius 2 is 2.00 bits per heavy atom. The molecule has 19 heavy (non-hydrogen) atoms. The Labute approximate surface area is 115 Å². The maximum atomic E-state index is 11.1. The van der Waals surface area contributed by atoms with Gasteiger partial charge in [0, 0.05) is 9.79 Å². The molecule has 0 fully saturated rings. The van der Waals surface area contributed by atoms with Crippen LogP contribution in [0.25, 0.3) is 0 Å². The lowest BCUT2D eigenvalue weighted by Gasteiger charge is -2.06. The van der Waals surface area contributed by atoms with E-state index in [1.807, 2.05) is 25.1 Å². The van der Waals surface area contributed by atoms with Crippen molar-refractivity contribution in [1.29, 1.82) is 5.26 Å². The van der Waals surface area contributed by atoms with Crippen molar-refractivity contribution in [2.45, 2.75) is 16.7 Å². The molecule has 0 spiro atoms. The van der Waals surface area contributed by atoms with Crippen molar-refractivity contribution >= 4 is 17.7 Å². The fraction of sp³-hybridized carbons (Fsp3) is 0.0667. The molecule has 2 rings (SSSR count). The number of rotatable bonds is 3. The van der Waals surface area contributed by atoms with Crippen LogP contribution in [0.15, 0.2) is 52.3 Å². The maximum Gasteiger partial charge on any atom is 0.336 e. The molecular weight excluding hydrogens is 258 g/mol. The Morgan fingerprint density at radius 1 is 1.26 bits per heavy atom. The van der Waals surface area contributed by atoms with Gasteiger partial charge in [-0.1, -0.05) is 23.9 Å². The lowest BCUT2D eigenvalue weighted by atomic mass is 10.1. The Morgan fingerprint density at radius 3 is 2.63 bits per heavy atom. The fourth-order valence-electron chi connectivity index (χ4n) is 1.68. The summed E-state index contributed by atoms with van der Waals surface area (Å²) in [7, 11) is 0. The van der Waals surface area contributed by atoms with Crippen molar-refractivity contribution in [3.63, 3.8) is 0 Å². The zero-order valence-electron chi connectivity index (χ0n) is 10.3. The van der Waals surface area contributed by atoms with Gasteiger partial charge in [0.05, 0.1) is 17.2 Å². The van der Waals surface area contributed by atoms with Gasteiger partial charge in [0.25, 0.3) is 0 Å². The van der Waals surface area contributed by atoms with Gasteiger partial charge in [0.1, 0.15) is 0 Å². The number of hydrogen-bond donors (Lipinski definition) is 1. The first-order chi connectivity index (χ1) is 9.11. The largest absolute Gasteiger partial charge is 0.478 e. The van der Waals surface area contributed by atoms with E-state index in [-0.39, 0.29) is 5.56 Å². The zero-order valence-corrected chi connectivity index (χ0v) is 11.1. The second kappa shape index (κ2) is 5.59. The number of aromatic carboxylic acids is 1. The highest BCUT2D eigenvalue weighted by molar-refractivity contribution is 7.99. The molecule has 0 saturated carbocycles. The van der Waals surface area contributed by atoms with Crippen LogP contribution in [0.3, 0.4) is 0 Å². The van der Waals surface area contributed by atoms with Crippen molar-refractivity contribution < 1.29 is 9.90 Å². The second-order valence-corrected chi connectivity index (χ2v) is 5.11. The standard InChI is InChI=1S/C15H11NO2S/c1-10-8-12(7-6-11(10)9-16)19-14-5-3-2-4-13(14)15(17)18/h2-8H,1H3,(H,17,18). The third-order valence-electron chi connectivity index (χ3n) is 2.66. The summed E-state index contributed by atoms with van der Waals surface area (Å²) in [6.45, 7) is 1.87. The Bertz CT molecular complexity index is 674. The molecule has 0 radical (unpaired) electrons. The number of carboxylic acid groups (broad SMARTS) is 1. The average Bonchev–Trinajstić information content (AvgIpc) is 2.39. The minimum Gasteiger partial charge on any atom is -0.478 e. The topological polar surface area (TPSA) is 61.1 Å². The number of nitrogens with zero attached hydrogens (tertiary/aromatic N) is 1. The summed E-state index contributed by atoms with van der Waals surface area (Å²) in [5.74, 6) is -0.937. The Hall–Kier alpha value is -2.25. The van der Waals surface area contributed by atoms with Crippen LogP contribution in [0.4, 0.5) is 0 Å². The quantitative estimate of drug-likeness (QED) is 0.922. The lowest BCUT2D eigenvalue weighted by Crippen LogP contribution is -1.98. The molecule has 0 atom stereocenters. The highest BCUT2D eigenvalue weighted by Crippen LogP contribution is 2.31. The molecule has 2 aromatic carbocycles. The van der Waals surface area contributed by atoms with E-state index >= 15 is 0 Å². The number of carboxylic acids is 1. The van der Waals surface area contributed by atoms with E-state index < -0.39 is 5.97 Å². The fourth-order valence-corrected chi connectivity index (χ4v) is 2.72. The minimum absolute atomic E-state index is 0.287. The maximum absolute atomic E-state index is 11.1. The molecule has 1 N–H and O–H groups in total. The first kappa shape index (κ1) is 13.2. The van der Waals surface area contributed by atoms with E-state index in [4.69, 9.17) is 10.4 Å². The molecule has 0 aliphatic carbocycles. The highest BCUT2D eigenvalue weighted by Gasteiger charge is 2.10. The van der Waals surface area contributed by atoms with Crippen LogP contribution in [0.2, 0.25) is 0 Å². The first-order valence-electron chi connectivity index (χ1n) is 5.62. The lowest BCUT2D eigenvalue weighted by molar-refractivity contribution is 0.0693. The SMILES string of the molecule is Cc1cc(Sc2ccccc2C(=O)O)ccc1C#N. The number of hydrogen-bond acceptors (Lipinski definition) is 3. The molecule has 0 aromatic heterocycles. The number of aryl methyl sites for hydroxylation is 1. The molecule has 2 aromatic rings. The molecule has 0 aliphatic heterocycles. The van der Waals surface area contributed by atoms with Gasteiger partial charge in [-0.15, -0.1) is 0 Å². The van der Waals surface area contributed by atoms with Gasteiger partial charge >= 0.3 is 5.97 Å². The molecule has 0 amide bonds. The van der Waals surface area contributed by atoms with Crippen molar-refractivity contribution in [2.24, 2.45) is 0 Å². The average molecular weight is 269 g/mol. The van der Waals surface area contributed by atoms with Gasteiger partial charge < -0.3 is 5.11 Å². The molecule has 94 valence electrons. The Balaban J connectivity index is 2.34. The van der Waals surface area contributed by atoms with E-state index in [0.717, 1.165) is 10.5 Å². The van der Waals surface area contributed by atoms with Crippen LogP contribution >= 0.6 is 11.8 Å². The van der Waals surface area contributed by atoms with E-state index in [1.165, 1.54) is 11.8 Å². The summed E-state index contributed by atoms with van der Waals surface area (Å²) in [6.07, 6.45) is 0. The molecule has 0 unspecified atom stereocenters. The molecule has 0 heterocycles. The summed E-state index contributed by atoms with van der Waals surface area (Å²) in [4.78, 5) is 12.7. The molecule has 0 aliphatic rings. The zero-order chi connectivity index (χ0) is 13.8. The van der Waals surface area contributed by atoms with Crippen LogP contribution < -0.4 is 0 Å². The van der Waals surface area contributed by atoms with Gasteiger partial charge in [-0.2, -0.15) is 5.26 Å². The smallest absolute Gasteiger partial charge is 0.336 e. The van der Waals surface area contributed by atoms with Crippen LogP contribution in [0.5, 0.6) is 0 Å². The van der Waals surface area contributed by atoms with E-state index in [2.05, 4.69) is 6.07 Å². The van der Waals surface area contributed by atoms with Crippen LogP contribution in [0, 0.1) is 18.3 Å². The van der Waals surface area contributed by atoms with E-state index in [9.17, 15) is 4.79 Å². The first-order valence-corrected chi connectivity index (χ1v) is 6.44. The van der Waals surface area contributed by atoms with Gasteiger partial charge in [0.2, 0.25) is 0 Å². The molecular formula is C15H11NO2S. The second-order valence-electron chi connectivity index (χ2n) is 3.99. The monoisotopic (exact) mass is 269 g/mol. The number of benzene rings is 2. The summed E-state index contributed by atoms with van der Waals surface area (Å²) < 4.78 is 0. The summed E-state index contributed by atoms with van der Waals surface area (Å²) in [5.41, 5.74) is 1.81. The van der Waals surface area contributed by atoms with E-state index in [1.54, 1.807) is 24.3 Å². The predicted molar refractivity (Wildman–Crippen MR) is 73.4 cm³/mol. The summed E-state index contributed by atoms with van der Waals surface area (Å²) >= 11 is 1.39. The molecule has 0 saturated heterocycles. The minimum atomic E-state index is -0.937. The van der Waals surface area contributed by atoms with Crippen molar-refractivity contribution in [3.05, 3.63) is 59.2 Å². The van der Waals surface area contributed by atoms with E-state index in [0.29, 0.717) is 10.5 Å².